The lowest BCUT2D eigenvalue weighted by atomic mass is 10.1. The van der Waals surface area contributed by atoms with Gasteiger partial charge in [0.05, 0.1) is 16.6 Å². The van der Waals surface area contributed by atoms with Crippen LogP contribution in [0.3, 0.4) is 0 Å². The van der Waals surface area contributed by atoms with Gasteiger partial charge in [-0.25, -0.2) is 8.42 Å². The van der Waals surface area contributed by atoms with Crippen LogP contribution in [0.25, 0.3) is 0 Å². The molecule has 0 radical (unpaired) electrons. The molecule has 0 spiro atoms. The summed E-state index contributed by atoms with van der Waals surface area (Å²) in [5.41, 5.74) is 4.36. The summed E-state index contributed by atoms with van der Waals surface area (Å²) in [4.78, 5) is 2.88. The zero-order chi connectivity index (χ0) is 14.2. The van der Waals surface area contributed by atoms with Gasteiger partial charge in [0.2, 0.25) is 0 Å². The van der Waals surface area contributed by atoms with Gasteiger partial charge in [-0.05, 0) is 35.6 Å². The summed E-state index contributed by atoms with van der Waals surface area (Å²) in [5.74, 6) is 0. The van der Waals surface area contributed by atoms with Crippen molar-refractivity contribution in [1.82, 2.24) is 0 Å². The number of nitrogens with zero attached hydrogens (tertiary/aromatic N) is 1. The van der Waals surface area contributed by atoms with E-state index in [2.05, 4.69) is 17.0 Å². The Bertz CT molecular complexity index is 872. The predicted octanol–water partition coefficient (Wildman–Crippen LogP) is 2.50. The van der Waals surface area contributed by atoms with Gasteiger partial charge in [0.15, 0.2) is 9.84 Å². The first-order valence-electron chi connectivity index (χ1n) is 7.38. The van der Waals surface area contributed by atoms with Gasteiger partial charge in [0.25, 0.3) is 0 Å². The van der Waals surface area contributed by atoms with Crippen LogP contribution in [0.1, 0.15) is 21.9 Å². The van der Waals surface area contributed by atoms with Crippen molar-refractivity contribution in [1.29, 1.82) is 0 Å². The maximum Gasteiger partial charge on any atom is 0.189 e. The van der Waals surface area contributed by atoms with Gasteiger partial charge in [-0.1, -0.05) is 36.4 Å². The number of anilines is 1. The molecule has 0 unspecified atom stereocenters. The van der Waals surface area contributed by atoms with Gasteiger partial charge in [0, 0.05) is 6.54 Å². The van der Waals surface area contributed by atoms with E-state index in [4.69, 9.17) is 0 Å². The Hall–Kier alpha value is -1.81. The third kappa shape index (κ3) is 1.32. The molecule has 106 valence electrons. The van der Waals surface area contributed by atoms with Crippen LogP contribution in [0.15, 0.2) is 47.4 Å². The van der Waals surface area contributed by atoms with Gasteiger partial charge >= 0.3 is 0 Å². The second kappa shape index (κ2) is 3.69. The first kappa shape index (κ1) is 11.8. The molecule has 2 heterocycles. The van der Waals surface area contributed by atoms with E-state index >= 15 is 0 Å². The molecule has 0 N–H and O–H groups in total. The molecule has 0 fully saturated rings. The van der Waals surface area contributed by atoms with Crippen LogP contribution in [0.2, 0.25) is 0 Å². The number of hydrogen-bond acceptors (Lipinski definition) is 3. The Balaban J connectivity index is 1.83. The lowest BCUT2D eigenvalue weighted by Gasteiger charge is -2.37. The molecule has 4 heteroatoms. The van der Waals surface area contributed by atoms with Gasteiger partial charge in [-0.2, -0.15) is 0 Å². The quantitative estimate of drug-likeness (QED) is 0.750. The van der Waals surface area contributed by atoms with Crippen LogP contribution < -0.4 is 4.90 Å². The molecule has 0 aromatic heterocycles. The fourth-order valence-corrected chi connectivity index (χ4v) is 6.61. The first-order chi connectivity index (χ1) is 10.2. The van der Waals surface area contributed by atoms with Gasteiger partial charge < -0.3 is 4.90 Å². The summed E-state index contributed by atoms with van der Waals surface area (Å²) >= 11 is 0. The maximum absolute atomic E-state index is 13.1. The Kier molecular flexibility index (Phi) is 2.07. The van der Waals surface area contributed by atoms with Crippen molar-refractivity contribution in [2.45, 2.75) is 29.0 Å². The van der Waals surface area contributed by atoms with E-state index in [1.807, 2.05) is 24.3 Å². The largest absolute Gasteiger partial charge is 0.365 e. The molecule has 0 saturated heterocycles. The molecule has 3 aliphatic rings. The third-order valence-corrected chi connectivity index (χ3v) is 7.35. The van der Waals surface area contributed by atoms with Crippen molar-refractivity contribution in [3.63, 3.8) is 0 Å². The SMILES string of the molecule is O=S1(=O)c2cccc3c2N(CC3)[C@H]2Cc3ccccc3[C@H]21. The van der Waals surface area contributed by atoms with E-state index in [1.54, 1.807) is 6.07 Å². The summed E-state index contributed by atoms with van der Waals surface area (Å²) in [5, 5.41) is -0.394. The van der Waals surface area contributed by atoms with E-state index < -0.39 is 15.1 Å². The van der Waals surface area contributed by atoms with Crippen molar-refractivity contribution < 1.29 is 8.42 Å². The number of benzene rings is 2. The molecule has 2 aliphatic heterocycles. The molecule has 0 bridgehead atoms. The van der Waals surface area contributed by atoms with Gasteiger partial charge in [0.1, 0.15) is 5.25 Å². The highest BCUT2D eigenvalue weighted by Crippen LogP contribution is 2.52. The normalized spacial score (nSPS) is 27.1. The Morgan fingerprint density at radius 2 is 1.81 bits per heavy atom. The van der Waals surface area contributed by atoms with Crippen molar-refractivity contribution in [2.75, 3.05) is 11.4 Å². The average molecular weight is 297 g/mol. The Morgan fingerprint density at radius 1 is 1.00 bits per heavy atom. The number of sulfone groups is 1. The van der Waals surface area contributed by atoms with E-state index in [9.17, 15) is 8.42 Å². The Labute approximate surface area is 124 Å². The van der Waals surface area contributed by atoms with Crippen LogP contribution in [0.4, 0.5) is 5.69 Å². The molecule has 2 atom stereocenters. The second-order valence-corrected chi connectivity index (χ2v) is 8.18. The minimum Gasteiger partial charge on any atom is -0.365 e. The summed E-state index contributed by atoms with van der Waals surface area (Å²) in [6, 6.07) is 13.8. The smallest absolute Gasteiger partial charge is 0.189 e. The van der Waals surface area contributed by atoms with Crippen LogP contribution >= 0.6 is 0 Å². The molecule has 2 aromatic carbocycles. The standard InChI is InChI=1S/C17H15NO2S/c19-21(20)15-7-3-5-11-8-9-18(16(11)15)14-10-12-4-1-2-6-13(12)17(14)21/h1-7,14,17H,8-10H2/t14-,17+/m0/s1. The lowest BCUT2D eigenvalue weighted by Crippen LogP contribution is -2.43. The molecular formula is C17H15NO2S. The zero-order valence-electron chi connectivity index (χ0n) is 11.5. The van der Waals surface area contributed by atoms with E-state index in [-0.39, 0.29) is 6.04 Å². The molecule has 0 saturated carbocycles. The summed E-state index contributed by atoms with van der Waals surface area (Å²) < 4.78 is 26.3. The lowest BCUT2D eigenvalue weighted by molar-refractivity contribution is 0.538. The fourth-order valence-electron chi connectivity index (χ4n) is 4.33. The van der Waals surface area contributed by atoms with Crippen LogP contribution in [-0.4, -0.2) is 21.0 Å². The van der Waals surface area contributed by atoms with E-state index in [0.29, 0.717) is 4.90 Å². The van der Waals surface area contributed by atoms with Gasteiger partial charge in [-0.3, -0.25) is 0 Å². The highest BCUT2D eigenvalue weighted by molar-refractivity contribution is 7.92. The highest BCUT2D eigenvalue weighted by Gasteiger charge is 2.51. The van der Waals surface area contributed by atoms with E-state index in [1.165, 1.54) is 11.1 Å². The fraction of sp³-hybridized carbons (Fsp3) is 0.294. The monoisotopic (exact) mass is 297 g/mol. The molecule has 5 rings (SSSR count). The van der Waals surface area contributed by atoms with Crippen molar-refractivity contribution >= 4 is 15.5 Å². The molecule has 21 heavy (non-hydrogen) atoms. The summed E-state index contributed by atoms with van der Waals surface area (Å²) in [7, 11) is -3.29. The number of rotatable bonds is 0. The molecule has 3 nitrogen and oxygen atoms in total. The first-order valence-corrected chi connectivity index (χ1v) is 8.93. The van der Waals surface area contributed by atoms with Gasteiger partial charge in [-0.15, -0.1) is 0 Å². The van der Waals surface area contributed by atoms with Crippen LogP contribution in [0.5, 0.6) is 0 Å². The number of hydrogen-bond donors (Lipinski definition) is 0. The van der Waals surface area contributed by atoms with Crippen LogP contribution in [-0.2, 0) is 22.7 Å². The predicted molar refractivity (Wildman–Crippen MR) is 81.4 cm³/mol. The molecule has 1 aliphatic carbocycles. The zero-order valence-corrected chi connectivity index (χ0v) is 12.3. The maximum atomic E-state index is 13.1. The Morgan fingerprint density at radius 3 is 2.71 bits per heavy atom. The van der Waals surface area contributed by atoms with Crippen molar-refractivity contribution in [3.05, 3.63) is 59.2 Å². The van der Waals surface area contributed by atoms with Crippen molar-refractivity contribution in [2.24, 2.45) is 0 Å². The topological polar surface area (TPSA) is 37.4 Å². The van der Waals surface area contributed by atoms with Crippen LogP contribution in [0, 0.1) is 0 Å². The molecule has 0 amide bonds. The highest BCUT2D eigenvalue weighted by atomic mass is 32.2. The molecular weight excluding hydrogens is 282 g/mol. The molecule has 2 aromatic rings. The van der Waals surface area contributed by atoms with E-state index in [0.717, 1.165) is 30.6 Å². The summed E-state index contributed by atoms with van der Waals surface area (Å²) in [6.07, 6.45) is 1.80. The minimum absolute atomic E-state index is 0.0727. The minimum atomic E-state index is -3.29. The third-order valence-electron chi connectivity index (χ3n) is 5.17. The second-order valence-electron chi connectivity index (χ2n) is 6.14. The number of para-hydroxylation sites is 1. The average Bonchev–Trinajstić information content (AvgIpc) is 3.07. The summed E-state index contributed by atoms with van der Waals surface area (Å²) in [6.45, 7) is 0.941. The van der Waals surface area contributed by atoms with Crippen molar-refractivity contribution in [3.8, 4) is 0 Å². The number of fused-ring (bicyclic) bond motifs is 4.